The van der Waals surface area contributed by atoms with Gasteiger partial charge in [0.25, 0.3) is 0 Å². The molecule has 1 aliphatic rings. The molecule has 0 radical (unpaired) electrons. The van der Waals surface area contributed by atoms with Gasteiger partial charge in [-0.15, -0.1) is 23.1 Å². The van der Waals surface area contributed by atoms with E-state index in [4.69, 9.17) is 4.74 Å². The van der Waals surface area contributed by atoms with Gasteiger partial charge in [-0.05, 0) is 53.8 Å². The van der Waals surface area contributed by atoms with E-state index in [9.17, 15) is 14.4 Å². The number of fused-ring (bicyclic) bond motifs is 1. The minimum absolute atomic E-state index is 0.178. The van der Waals surface area contributed by atoms with Crippen molar-refractivity contribution in [3.63, 3.8) is 0 Å². The standard InChI is InChI=1S/C35H35N3O4S2/c1-3-29(43-27-16-10-15-26(21-27)36-31(39)18-17-24-11-6-4-7-12-24)33(40)37-34-32(35(41)42-2)28-19-20-38(23-30(28)44-34)22-25-13-8-5-9-14-25/h4-18,21,29H,3,19-20,22-23H2,1-2H3,(H,36,39)(H,37,40)/b18-17+. The number of nitrogens with zero attached hydrogens (tertiary/aromatic N) is 1. The molecule has 1 atom stereocenters. The molecule has 44 heavy (non-hydrogen) atoms. The lowest BCUT2D eigenvalue weighted by molar-refractivity contribution is -0.115. The number of benzene rings is 3. The topological polar surface area (TPSA) is 87.7 Å². The molecule has 0 saturated heterocycles. The smallest absolute Gasteiger partial charge is 0.341 e. The maximum absolute atomic E-state index is 13.5. The zero-order valence-electron chi connectivity index (χ0n) is 24.7. The molecule has 2 amide bonds. The Morgan fingerprint density at radius 1 is 1.00 bits per heavy atom. The highest BCUT2D eigenvalue weighted by molar-refractivity contribution is 8.00. The number of hydrogen-bond acceptors (Lipinski definition) is 7. The van der Waals surface area contributed by atoms with Crippen LogP contribution in [0.5, 0.6) is 0 Å². The highest BCUT2D eigenvalue weighted by Gasteiger charge is 2.30. The number of carbonyl (C=O) groups is 3. The van der Waals surface area contributed by atoms with E-state index in [1.165, 1.54) is 41.8 Å². The van der Waals surface area contributed by atoms with Gasteiger partial charge < -0.3 is 15.4 Å². The van der Waals surface area contributed by atoms with Crippen LogP contribution in [0.25, 0.3) is 6.08 Å². The number of carbonyl (C=O) groups excluding carboxylic acids is 3. The summed E-state index contributed by atoms with van der Waals surface area (Å²) < 4.78 is 5.13. The van der Waals surface area contributed by atoms with Crippen molar-refractivity contribution in [1.29, 1.82) is 0 Å². The van der Waals surface area contributed by atoms with E-state index in [2.05, 4.69) is 27.7 Å². The highest BCUT2D eigenvalue weighted by atomic mass is 32.2. The molecular weight excluding hydrogens is 591 g/mol. The molecule has 2 N–H and O–H groups in total. The molecule has 0 saturated carbocycles. The lowest BCUT2D eigenvalue weighted by Gasteiger charge is -2.27. The van der Waals surface area contributed by atoms with E-state index in [-0.39, 0.29) is 11.8 Å². The first-order chi connectivity index (χ1) is 21.4. The van der Waals surface area contributed by atoms with Crippen LogP contribution in [0.4, 0.5) is 10.7 Å². The first-order valence-electron chi connectivity index (χ1n) is 14.5. The SMILES string of the molecule is CCC(Sc1cccc(NC(=O)/C=C/c2ccccc2)c1)C(=O)Nc1sc2c(c1C(=O)OC)CCN(Cc1ccccc1)C2. The average molecular weight is 626 g/mol. The number of hydrogen-bond donors (Lipinski definition) is 2. The fourth-order valence-corrected chi connectivity index (χ4v) is 7.38. The van der Waals surface area contributed by atoms with Gasteiger partial charge in [0.1, 0.15) is 5.00 Å². The minimum atomic E-state index is -0.431. The summed E-state index contributed by atoms with van der Waals surface area (Å²) >= 11 is 2.88. The maximum Gasteiger partial charge on any atom is 0.341 e. The molecule has 1 unspecified atom stereocenters. The van der Waals surface area contributed by atoms with Gasteiger partial charge in [-0.25, -0.2) is 4.79 Å². The Kier molecular flexibility index (Phi) is 10.7. The van der Waals surface area contributed by atoms with Gasteiger partial charge in [0.05, 0.1) is 17.9 Å². The van der Waals surface area contributed by atoms with Crippen LogP contribution in [0.2, 0.25) is 0 Å². The van der Waals surface area contributed by atoms with Gasteiger partial charge in [0.15, 0.2) is 0 Å². The molecule has 7 nitrogen and oxygen atoms in total. The molecule has 5 rings (SSSR count). The summed E-state index contributed by atoms with van der Waals surface area (Å²) in [4.78, 5) is 43.2. The van der Waals surface area contributed by atoms with Gasteiger partial charge in [0.2, 0.25) is 11.8 Å². The summed E-state index contributed by atoms with van der Waals surface area (Å²) in [5, 5.41) is 6.09. The summed E-state index contributed by atoms with van der Waals surface area (Å²) in [5.74, 6) is -0.845. The third-order valence-electron chi connectivity index (χ3n) is 7.28. The maximum atomic E-state index is 13.5. The van der Waals surface area contributed by atoms with Crippen LogP contribution in [0.3, 0.4) is 0 Å². The normalized spacial score (nSPS) is 13.7. The van der Waals surface area contributed by atoms with Gasteiger partial charge in [-0.3, -0.25) is 14.5 Å². The molecule has 4 aromatic rings. The van der Waals surface area contributed by atoms with E-state index in [0.29, 0.717) is 35.6 Å². The molecule has 0 fully saturated rings. The lowest BCUT2D eigenvalue weighted by atomic mass is 10.0. The Morgan fingerprint density at radius 2 is 1.75 bits per heavy atom. The Morgan fingerprint density at radius 3 is 2.48 bits per heavy atom. The number of methoxy groups -OCH3 is 1. The van der Waals surface area contributed by atoms with E-state index < -0.39 is 11.2 Å². The Hall–Kier alpha value is -4.18. The van der Waals surface area contributed by atoms with Crippen molar-refractivity contribution in [3.8, 4) is 0 Å². The van der Waals surface area contributed by atoms with Crippen LogP contribution in [0, 0.1) is 0 Å². The van der Waals surface area contributed by atoms with Gasteiger partial charge in [-0.1, -0.05) is 73.7 Å². The molecule has 0 spiro atoms. The monoisotopic (exact) mass is 625 g/mol. The third-order valence-corrected chi connectivity index (χ3v) is 9.77. The number of thiophene rings is 1. The van der Waals surface area contributed by atoms with E-state index >= 15 is 0 Å². The zero-order chi connectivity index (χ0) is 30.9. The number of esters is 1. The van der Waals surface area contributed by atoms with Crippen molar-refractivity contribution in [1.82, 2.24) is 4.90 Å². The number of thioether (sulfide) groups is 1. The molecule has 0 bridgehead atoms. The Balaban J connectivity index is 1.25. The molecule has 1 aliphatic heterocycles. The minimum Gasteiger partial charge on any atom is -0.465 e. The van der Waals surface area contributed by atoms with Crippen LogP contribution in [-0.4, -0.2) is 41.6 Å². The molecule has 3 aromatic carbocycles. The molecule has 1 aromatic heterocycles. The molecule has 9 heteroatoms. The quantitative estimate of drug-likeness (QED) is 0.104. The summed E-state index contributed by atoms with van der Waals surface area (Å²) in [5.41, 5.74) is 4.26. The number of ether oxygens (including phenoxy) is 1. The van der Waals surface area contributed by atoms with Crippen molar-refractivity contribution >= 4 is 57.6 Å². The summed E-state index contributed by atoms with van der Waals surface area (Å²) in [7, 11) is 1.37. The van der Waals surface area contributed by atoms with Crippen molar-refractivity contribution in [2.24, 2.45) is 0 Å². The fourth-order valence-electron chi connectivity index (χ4n) is 5.09. The third kappa shape index (κ3) is 8.05. The molecular formula is C35H35N3O4S2. The average Bonchev–Trinajstić information content (AvgIpc) is 3.40. The second-order valence-corrected chi connectivity index (χ2v) is 12.8. The Bertz CT molecular complexity index is 1640. The largest absolute Gasteiger partial charge is 0.465 e. The summed E-state index contributed by atoms with van der Waals surface area (Å²) in [6.07, 6.45) is 4.55. The second-order valence-electron chi connectivity index (χ2n) is 10.4. The van der Waals surface area contributed by atoms with Crippen LogP contribution in [0.1, 0.15) is 45.3 Å². The first kappa shape index (κ1) is 31.3. The zero-order valence-corrected chi connectivity index (χ0v) is 26.4. The van der Waals surface area contributed by atoms with Crippen LogP contribution in [0.15, 0.2) is 95.9 Å². The van der Waals surface area contributed by atoms with E-state index in [0.717, 1.165) is 34.0 Å². The highest BCUT2D eigenvalue weighted by Crippen LogP contribution is 2.39. The summed E-state index contributed by atoms with van der Waals surface area (Å²) in [6.45, 7) is 4.31. The van der Waals surface area contributed by atoms with Crippen LogP contribution in [-0.2, 0) is 33.8 Å². The van der Waals surface area contributed by atoms with E-state index in [1.807, 2.05) is 79.7 Å². The molecule has 0 aliphatic carbocycles. The predicted molar refractivity (Wildman–Crippen MR) is 179 cm³/mol. The van der Waals surface area contributed by atoms with Crippen LogP contribution >= 0.6 is 23.1 Å². The lowest BCUT2D eigenvalue weighted by Crippen LogP contribution is -2.30. The number of amides is 2. The molecule has 2 heterocycles. The second kappa shape index (κ2) is 15.0. The van der Waals surface area contributed by atoms with Crippen molar-refractivity contribution in [3.05, 3.63) is 118 Å². The number of anilines is 2. The number of nitrogens with one attached hydrogen (secondary N) is 2. The molecule has 226 valence electrons. The van der Waals surface area contributed by atoms with Gasteiger partial charge in [0, 0.05) is 41.2 Å². The summed E-state index contributed by atoms with van der Waals surface area (Å²) in [6, 6.07) is 27.4. The Labute approximate surface area is 266 Å². The van der Waals surface area contributed by atoms with Crippen molar-refractivity contribution in [2.75, 3.05) is 24.3 Å². The van der Waals surface area contributed by atoms with E-state index in [1.54, 1.807) is 6.08 Å². The van der Waals surface area contributed by atoms with Gasteiger partial charge >= 0.3 is 5.97 Å². The van der Waals surface area contributed by atoms with Crippen molar-refractivity contribution < 1.29 is 19.1 Å². The fraction of sp³-hybridized carbons (Fsp3) is 0.229. The predicted octanol–water partition coefficient (Wildman–Crippen LogP) is 7.25. The van der Waals surface area contributed by atoms with Gasteiger partial charge in [-0.2, -0.15) is 0 Å². The van der Waals surface area contributed by atoms with Crippen molar-refractivity contribution in [2.45, 2.75) is 43.0 Å². The number of rotatable bonds is 11. The first-order valence-corrected chi connectivity index (χ1v) is 16.2. The van der Waals surface area contributed by atoms with Crippen LogP contribution < -0.4 is 10.6 Å².